The van der Waals surface area contributed by atoms with Crippen molar-refractivity contribution in [1.82, 2.24) is 0 Å². The molecule has 124 valence electrons. The smallest absolute Gasteiger partial charge is 0.363 e. The van der Waals surface area contributed by atoms with E-state index in [9.17, 15) is 27.2 Å². The Hall–Kier alpha value is -0.900. The van der Waals surface area contributed by atoms with E-state index in [1.165, 1.54) is 0 Å². The van der Waals surface area contributed by atoms with Crippen molar-refractivity contribution in [2.24, 2.45) is 11.8 Å². The summed E-state index contributed by atoms with van der Waals surface area (Å²) < 4.78 is 66.7. The van der Waals surface area contributed by atoms with E-state index in [2.05, 4.69) is 0 Å². The maximum atomic E-state index is 13.1. The lowest BCUT2D eigenvalue weighted by molar-refractivity contribution is -0.182. The number of alkyl halides is 5. The molecular weight excluding hydrogens is 380 g/mol. The highest BCUT2D eigenvalue weighted by atomic mass is 79.9. The van der Waals surface area contributed by atoms with Crippen LogP contribution in [-0.4, -0.2) is 47.6 Å². The van der Waals surface area contributed by atoms with Gasteiger partial charge in [-0.25, -0.2) is 0 Å². The Morgan fingerprint density at radius 2 is 2.05 bits per heavy atom. The minimum atomic E-state index is -4.57. The first kappa shape index (κ1) is 16.0. The molecule has 3 fully saturated rings. The fraction of sp³-hybridized carbons (Fsp3) is 0.833. The number of esters is 2. The summed E-state index contributed by atoms with van der Waals surface area (Å²) in [6, 6.07) is 0. The highest BCUT2D eigenvalue weighted by Gasteiger charge is 2.62. The second-order valence-corrected chi connectivity index (χ2v) is 6.60. The molecule has 0 amide bonds. The Morgan fingerprint density at radius 3 is 2.68 bits per heavy atom. The average molecular weight is 391 g/mol. The summed E-state index contributed by atoms with van der Waals surface area (Å²) in [6.07, 6.45) is -3.53. The van der Waals surface area contributed by atoms with E-state index in [1.54, 1.807) is 15.9 Å². The normalized spacial score (nSPS) is 37.1. The number of hydrogen-bond acceptors (Lipinski definition) is 5. The second-order valence-electron chi connectivity index (χ2n) is 5.60. The maximum absolute atomic E-state index is 13.1. The third kappa shape index (κ3) is 2.49. The van der Waals surface area contributed by atoms with E-state index in [-0.39, 0.29) is 25.0 Å². The van der Waals surface area contributed by atoms with E-state index in [0.29, 0.717) is 0 Å². The number of fused-ring (bicyclic) bond motifs is 5. The Balaban J connectivity index is 1.61. The van der Waals surface area contributed by atoms with Gasteiger partial charge in [-0.3, -0.25) is 9.59 Å². The van der Waals surface area contributed by atoms with Crippen molar-refractivity contribution in [1.29, 1.82) is 0 Å². The van der Waals surface area contributed by atoms with Gasteiger partial charge in [0, 0.05) is 12.3 Å². The van der Waals surface area contributed by atoms with Crippen LogP contribution in [0, 0.1) is 11.8 Å². The predicted molar refractivity (Wildman–Crippen MR) is 64.5 cm³/mol. The maximum Gasteiger partial charge on any atom is 0.363 e. The Bertz CT molecular complexity index is 508. The number of rotatable bonds is 4. The molecule has 0 aliphatic carbocycles. The van der Waals surface area contributed by atoms with E-state index >= 15 is 0 Å². The molecule has 0 aromatic heterocycles. The molecule has 2 bridgehead atoms. The minimum Gasteiger partial charge on any atom is -0.465 e. The van der Waals surface area contributed by atoms with Crippen LogP contribution in [0.15, 0.2) is 0 Å². The first-order valence-electron chi connectivity index (χ1n) is 6.56. The molecule has 3 saturated heterocycles. The molecule has 3 heterocycles. The van der Waals surface area contributed by atoms with Crippen molar-refractivity contribution in [3.8, 4) is 0 Å². The molecule has 0 spiro atoms. The second kappa shape index (κ2) is 5.05. The molecule has 3 rings (SSSR count). The highest BCUT2D eigenvalue weighted by Crippen LogP contribution is 2.48. The van der Waals surface area contributed by atoms with E-state index in [4.69, 9.17) is 14.2 Å². The van der Waals surface area contributed by atoms with E-state index < -0.39 is 47.2 Å². The molecule has 0 aromatic carbocycles. The summed E-state index contributed by atoms with van der Waals surface area (Å²) in [6.45, 7) is 0.221. The SMILES string of the molecule is O=C(CC(F)(F)C(F)(F)Br)OC1CC2OC1C1C(=O)OCC21. The minimum absolute atomic E-state index is 0.124. The van der Waals surface area contributed by atoms with Gasteiger partial charge in [0.25, 0.3) is 0 Å². The van der Waals surface area contributed by atoms with E-state index in [0.717, 1.165) is 0 Å². The van der Waals surface area contributed by atoms with Crippen molar-refractivity contribution < 1.29 is 41.4 Å². The van der Waals surface area contributed by atoms with Gasteiger partial charge in [-0.1, -0.05) is 0 Å². The third-order valence-corrected chi connectivity index (χ3v) is 4.79. The molecule has 10 heteroatoms. The lowest BCUT2D eigenvalue weighted by Gasteiger charge is -2.26. The summed E-state index contributed by atoms with van der Waals surface area (Å²) in [5.74, 6) is -7.23. The fourth-order valence-electron chi connectivity index (χ4n) is 3.18. The van der Waals surface area contributed by atoms with Gasteiger partial charge in [0.1, 0.15) is 18.6 Å². The Kier molecular flexibility index (Phi) is 3.67. The summed E-state index contributed by atoms with van der Waals surface area (Å²) >= 11 is 1.54. The van der Waals surface area contributed by atoms with E-state index in [1.807, 2.05) is 0 Å². The first-order chi connectivity index (χ1) is 10.1. The molecule has 5 atom stereocenters. The Labute approximate surface area is 130 Å². The van der Waals surface area contributed by atoms with Crippen LogP contribution in [0.1, 0.15) is 12.8 Å². The van der Waals surface area contributed by atoms with Crippen LogP contribution < -0.4 is 0 Å². The highest BCUT2D eigenvalue weighted by molar-refractivity contribution is 9.10. The zero-order valence-corrected chi connectivity index (χ0v) is 12.5. The lowest BCUT2D eigenvalue weighted by atomic mass is 9.80. The summed E-state index contributed by atoms with van der Waals surface area (Å²) in [4.78, 5) is 18.5. The molecular formula is C12H11BrF4O5. The van der Waals surface area contributed by atoms with Crippen LogP contribution in [-0.2, 0) is 23.8 Å². The van der Waals surface area contributed by atoms with Crippen LogP contribution in [0.4, 0.5) is 17.6 Å². The number of carbonyl (C=O) groups excluding carboxylic acids is 2. The molecule has 5 unspecified atom stereocenters. The standard InChI is InChI=1S/C12H11BrF4O5/c13-12(16,17)11(14,15)2-7(18)21-6-1-5-4-3-20-10(19)8(4)9(6)22-5/h4-6,8-9H,1-3H2. The summed E-state index contributed by atoms with van der Waals surface area (Å²) in [5, 5.41) is 0. The van der Waals surface area contributed by atoms with Gasteiger partial charge in [0.2, 0.25) is 0 Å². The third-order valence-electron chi connectivity index (χ3n) is 4.21. The zero-order chi connectivity index (χ0) is 16.3. The van der Waals surface area contributed by atoms with Crippen molar-refractivity contribution >= 4 is 27.9 Å². The molecule has 0 aromatic rings. The van der Waals surface area contributed by atoms with Gasteiger partial charge >= 0.3 is 22.7 Å². The monoisotopic (exact) mass is 390 g/mol. The van der Waals surface area contributed by atoms with Crippen LogP contribution in [0.2, 0.25) is 0 Å². The molecule has 0 N–H and O–H groups in total. The van der Waals surface area contributed by atoms with Gasteiger partial charge in [-0.15, -0.1) is 0 Å². The molecule has 5 nitrogen and oxygen atoms in total. The Morgan fingerprint density at radius 1 is 1.36 bits per heavy atom. The van der Waals surface area contributed by atoms with Gasteiger partial charge in [0.15, 0.2) is 0 Å². The van der Waals surface area contributed by atoms with Crippen LogP contribution >= 0.6 is 15.9 Å². The molecule has 3 aliphatic rings. The van der Waals surface area contributed by atoms with Crippen LogP contribution in [0.25, 0.3) is 0 Å². The van der Waals surface area contributed by atoms with Gasteiger partial charge in [-0.2, -0.15) is 17.6 Å². The number of ether oxygens (including phenoxy) is 3. The topological polar surface area (TPSA) is 61.8 Å². The van der Waals surface area contributed by atoms with Gasteiger partial charge < -0.3 is 14.2 Å². The molecule has 3 aliphatic heterocycles. The average Bonchev–Trinajstić information content (AvgIpc) is 3.00. The molecule has 0 saturated carbocycles. The van der Waals surface area contributed by atoms with Gasteiger partial charge in [-0.05, 0) is 15.9 Å². The van der Waals surface area contributed by atoms with Gasteiger partial charge in [0.05, 0.1) is 18.6 Å². The molecule has 0 radical (unpaired) electrons. The number of carbonyl (C=O) groups is 2. The van der Waals surface area contributed by atoms with Crippen molar-refractivity contribution in [2.45, 2.75) is 41.9 Å². The number of halogens is 5. The summed E-state index contributed by atoms with van der Waals surface area (Å²) in [7, 11) is 0. The first-order valence-corrected chi connectivity index (χ1v) is 7.35. The fourth-order valence-corrected chi connectivity index (χ4v) is 3.32. The van der Waals surface area contributed by atoms with Crippen molar-refractivity contribution in [3.05, 3.63) is 0 Å². The number of hydrogen-bond donors (Lipinski definition) is 0. The predicted octanol–water partition coefficient (Wildman–Crippen LogP) is 1.87. The summed E-state index contributed by atoms with van der Waals surface area (Å²) in [5.41, 5.74) is 0. The van der Waals surface area contributed by atoms with Crippen LogP contribution in [0.5, 0.6) is 0 Å². The van der Waals surface area contributed by atoms with Crippen molar-refractivity contribution in [3.63, 3.8) is 0 Å². The largest absolute Gasteiger partial charge is 0.465 e. The quantitative estimate of drug-likeness (QED) is 0.416. The lowest BCUT2D eigenvalue weighted by Crippen LogP contribution is -2.42. The van der Waals surface area contributed by atoms with Crippen molar-refractivity contribution in [2.75, 3.05) is 6.61 Å². The van der Waals surface area contributed by atoms with Crippen LogP contribution in [0.3, 0.4) is 0 Å². The zero-order valence-electron chi connectivity index (χ0n) is 10.9. The number of cyclic esters (lactones) is 1. The molecule has 22 heavy (non-hydrogen) atoms.